The topological polar surface area (TPSA) is 62.2 Å². The molecule has 160 valence electrons. The first-order chi connectivity index (χ1) is 15.1. The molecule has 31 heavy (non-hydrogen) atoms. The third kappa shape index (κ3) is 5.46. The Morgan fingerprint density at radius 1 is 1.16 bits per heavy atom. The van der Waals surface area contributed by atoms with Crippen molar-refractivity contribution in [2.75, 3.05) is 20.1 Å². The van der Waals surface area contributed by atoms with Gasteiger partial charge in [0.15, 0.2) is 5.82 Å². The number of aromatic nitrogens is 3. The van der Waals surface area contributed by atoms with Crippen LogP contribution in [0.3, 0.4) is 0 Å². The van der Waals surface area contributed by atoms with E-state index in [0.717, 1.165) is 42.9 Å². The van der Waals surface area contributed by atoms with Crippen LogP contribution in [0.15, 0.2) is 60.9 Å². The van der Waals surface area contributed by atoms with Crippen LogP contribution in [0.5, 0.6) is 0 Å². The maximum atomic E-state index is 13.0. The number of rotatable bonds is 7. The van der Waals surface area contributed by atoms with E-state index in [1.165, 1.54) is 0 Å². The molecule has 0 N–H and O–H groups in total. The molecule has 1 atom stereocenters. The van der Waals surface area contributed by atoms with E-state index < -0.39 is 0 Å². The van der Waals surface area contributed by atoms with Gasteiger partial charge >= 0.3 is 0 Å². The summed E-state index contributed by atoms with van der Waals surface area (Å²) in [6, 6.07) is 15.3. The smallest absolute Gasteiger partial charge is 0.224 e. The van der Waals surface area contributed by atoms with E-state index in [4.69, 9.17) is 16.6 Å². The molecule has 6 nitrogen and oxygen atoms in total. The Hall–Kier alpha value is -2.83. The standard InChI is InChI=1S/C24H26ClN5O/c1-29(17-20-8-2-3-12-26-20)15-11-23(31)30-14-5-9-22(30)21-10-13-27-24(28-21)18-6-4-7-19(25)16-18/h2-4,6-8,10,12-13,16,22H,5,9,11,14-15,17H2,1H3/t22-/m1/s1. The number of pyridine rings is 1. The molecule has 1 aromatic carbocycles. The van der Waals surface area contributed by atoms with E-state index in [0.29, 0.717) is 23.8 Å². The fourth-order valence-corrected chi connectivity index (χ4v) is 4.17. The minimum atomic E-state index is -0.00506. The predicted octanol–water partition coefficient (Wildman–Crippen LogP) is 4.38. The lowest BCUT2D eigenvalue weighted by Gasteiger charge is -2.25. The minimum Gasteiger partial charge on any atom is -0.334 e. The highest BCUT2D eigenvalue weighted by Crippen LogP contribution is 2.32. The molecule has 3 aromatic rings. The average molecular weight is 436 g/mol. The summed E-state index contributed by atoms with van der Waals surface area (Å²) in [6.45, 7) is 2.19. The van der Waals surface area contributed by atoms with Crippen LogP contribution in [0.2, 0.25) is 5.02 Å². The van der Waals surface area contributed by atoms with Gasteiger partial charge in [0.2, 0.25) is 5.91 Å². The Labute approximate surface area is 187 Å². The van der Waals surface area contributed by atoms with Crippen molar-refractivity contribution in [2.24, 2.45) is 0 Å². The first-order valence-corrected chi connectivity index (χ1v) is 10.9. The number of hydrogen-bond donors (Lipinski definition) is 0. The zero-order valence-corrected chi connectivity index (χ0v) is 18.4. The zero-order chi connectivity index (χ0) is 21.6. The second-order valence-electron chi connectivity index (χ2n) is 7.87. The van der Waals surface area contributed by atoms with E-state index in [9.17, 15) is 4.79 Å². The largest absolute Gasteiger partial charge is 0.334 e. The number of carbonyl (C=O) groups excluding carboxylic acids is 1. The summed E-state index contributed by atoms with van der Waals surface area (Å²) in [5.41, 5.74) is 2.77. The summed E-state index contributed by atoms with van der Waals surface area (Å²) < 4.78 is 0. The van der Waals surface area contributed by atoms with Crippen molar-refractivity contribution in [3.8, 4) is 11.4 Å². The third-order valence-corrected chi connectivity index (χ3v) is 5.78. The molecule has 0 radical (unpaired) electrons. The van der Waals surface area contributed by atoms with E-state index in [2.05, 4.69) is 14.9 Å². The SMILES string of the molecule is CN(CCC(=O)N1CCC[C@@H]1c1ccnc(-c2cccc(Cl)c2)n1)Cc1ccccn1. The molecule has 0 saturated carbocycles. The van der Waals surface area contributed by atoms with E-state index in [-0.39, 0.29) is 11.9 Å². The average Bonchev–Trinajstić information content (AvgIpc) is 3.28. The molecule has 4 rings (SSSR count). The third-order valence-electron chi connectivity index (χ3n) is 5.54. The monoisotopic (exact) mass is 435 g/mol. The van der Waals surface area contributed by atoms with Gasteiger partial charge in [-0.05, 0) is 50.2 Å². The molecule has 0 bridgehead atoms. The molecule has 1 aliphatic heterocycles. The summed E-state index contributed by atoms with van der Waals surface area (Å²) in [4.78, 5) is 30.6. The lowest BCUT2D eigenvalue weighted by Crippen LogP contribution is -2.33. The van der Waals surface area contributed by atoms with Gasteiger partial charge in [0.25, 0.3) is 0 Å². The van der Waals surface area contributed by atoms with Crippen molar-refractivity contribution in [1.82, 2.24) is 24.8 Å². The normalized spacial score (nSPS) is 16.1. The summed E-state index contributed by atoms with van der Waals surface area (Å²) in [6.07, 6.45) is 5.94. The van der Waals surface area contributed by atoms with Crippen LogP contribution >= 0.6 is 11.6 Å². The van der Waals surface area contributed by atoms with Crippen LogP contribution in [0.4, 0.5) is 0 Å². The highest BCUT2D eigenvalue weighted by Gasteiger charge is 2.31. The number of likely N-dealkylation sites (tertiary alicyclic amines) is 1. The molecule has 0 aliphatic carbocycles. The summed E-state index contributed by atoms with van der Waals surface area (Å²) in [5, 5.41) is 0.652. The molecule has 1 amide bonds. The van der Waals surface area contributed by atoms with Gasteiger partial charge in [-0.1, -0.05) is 29.8 Å². The molecule has 7 heteroatoms. The number of amides is 1. The summed E-state index contributed by atoms with van der Waals surface area (Å²) in [7, 11) is 2.02. The maximum Gasteiger partial charge on any atom is 0.224 e. The Morgan fingerprint density at radius 2 is 2.06 bits per heavy atom. The van der Waals surface area contributed by atoms with Crippen molar-refractivity contribution in [1.29, 1.82) is 0 Å². The van der Waals surface area contributed by atoms with Gasteiger partial charge in [-0.2, -0.15) is 0 Å². The number of hydrogen-bond acceptors (Lipinski definition) is 5. The molecule has 2 aromatic heterocycles. The molecule has 1 aliphatic rings. The van der Waals surface area contributed by atoms with Crippen molar-refractivity contribution in [2.45, 2.75) is 31.8 Å². The molecular formula is C24H26ClN5O. The van der Waals surface area contributed by atoms with Gasteiger partial charge in [0.1, 0.15) is 0 Å². The van der Waals surface area contributed by atoms with Gasteiger partial charge in [0.05, 0.1) is 17.4 Å². The summed E-state index contributed by atoms with van der Waals surface area (Å²) >= 11 is 6.12. The van der Waals surface area contributed by atoms with Crippen molar-refractivity contribution >= 4 is 17.5 Å². The number of carbonyl (C=O) groups is 1. The minimum absolute atomic E-state index is 0.00506. The number of nitrogens with zero attached hydrogens (tertiary/aromatic N) is 5. The highest BCUT2D eigenvalue weighted by atomic mass is 35.5. The zero-order valence-electron chi connectivity index (χ0n) is 17.6. The van der Waals surface area contributed by atoms with E-state index >= 15 is 0 Å². The van der Waals surface area contributed by atoms with Crippen molar-refractivity contribution in [3.05, 3.63) is 77.3 Å². The molecule has 3 heterocycles. The number of halogens is 1. The first-order valence-electron chi connectivity index (χ1n) is 10.6. The first kappa shape index (κ1) is 21.4. The predicted molar refractivity (Wildman–Crippen MR) is 121 cm³/mol. The van der Waals surface area contributed by atoms with Crippen LogP contribution in [-0.2, 0) is 11.3 Å². The lowest BCUT2D eigenvalue weighted by molar-refractivity contribution is -0.132. The van der Waals surface area contributed by atoms with Gasteiger partial charge in [-0.25, -0.2) is 9.97 Å². The van der Waals surface area contributed by atoms with Gasteiger partial charge in [-0.15, -0.1) is 0 Å². The van der Waals surface area contributed by atoms with E-state index in [1.54, 1.807) is 12.4 Å². The van der Waals surface area contributed by atoms with Crippen LogP contribution in [-0.4, -0.2) is 50.8 Å². The quantitative estimate of drug-likeness (QED) is 0.551. The molecule has 1 fully saturated rings. The van der Waals surface area contributed by atoms with Crippen LogP contribution < -0.4 is 0 Å². The Bertz CT molecular complexity index is 1030. The Morgan fingerprint density at radius 3 is 2.87 bits per heavy atom. The van der Waals surface area contributed by atoms with Crippen LogP contribution in [0.25, 0.3) is 11.4 Å². The van der Waals surface area contributed by atoms with Gasteiger partial charge in [-0.3, -0.25) is 9.78 Å². The molecule has 0 unspecified atom stereocenters. The van der Waals surface area contributed by atoms with Crippen LogP contribution in [0.1, 0.15) is 36.7 Å². The number of benzene rings is 1. The Balaban J connectivity index is 1.40. The molecule has 0 spiro atoms. The second kappa shape index (κ2) is 9.98. The lowest BCUT2D eigenvalue weighted by atomic mass is 10.1. The fourth-order valence-electron chi connectivity index (χ4n) is 3.97. The van der Waals surface area contributed by atoms with Crippen molar-refractivity contribution in [3.63, 3.8) is 0 Å². The van der Waals surface area contributed by atoms with Crippen LogP contribution in [0, 0.1) is 0 Å². The molecular weight excluding hydrogens is 410 g/mol. The van der Waals surface area contributed by atoms with Gasteiger partial charge in [0, 0.05) is 49.0 Å². The molecule has 1 saturated heterocycles. The maximum absolute atomic E-state index is 13.0. The van der Waals surface area contributed by atoms with Gasteiger partial charge < -0.3 is 9.80 Å². The Kier molecular flexibility index (Phi) is 6.89. The fraction of sp³-hybridized carbons (Fsp3) is 0.333. The highest BCUT2D eigenvalue weighted by molar-refractivity contribution is 6.30. The van der Waals surface area contributed by atoms with Crippen molar-refractivity contribution < 1.29 is 4.79 Å². The summed E-state index contributed by atoms with van der Waals surface area (Å²) in [5.74, 6) is 0.799. The van der Waals surface area contributed by atoms with E-state index in [1.807, 2.05) is 60.5 Å². The second-order valence-corrected chi connectivity index (χ2v) is 8.31.